The second-order valence-electron chi connectivity index (χ2n) is 3.98. The number of hydrogen-bond donors (Lipinski definition) is 0. The summed E-state index contributed by atoms with van der Waals surface area (Å²) in [7, 11) is 0. The van der Waals surface area contributed by atoms with Crippen LogP contribution in [0, 0.1) is 0 Å². The molecule has 0 bridgehead atoms. The van der Waals surface area contributed by atoms with E-state index >= 15 is 0 Å². The number of fused-ring (bicyclic) bond motifs is 1. The molecule has 1 unspecified atom stereocenters. The minimum absolute atomic E-state index is 0.0374. The van der Waals surface area contributed by atoms with E-state index < -0.39 is 6.43 Å². The Morgan fingerprint density at radius 3 is 2.85 bits per heavy atom. The third kappa shape index (κ3) is 2.17. The molecule has 2 rings (SSSR count). The molecule has 0 amide bonds. The maximum Gasteiger partial charge on any atom is 0.251 e. The molecular weight excluding hydrogens is 174 g/mol. The lowest BCUT2D eigenvalue weighted by molar-refractivity contribution is 0.0429. The lowest BCUT2D eigenvalue weighted by atomic mass is 10.1. The Kier molecular flexibility index (Phi) is 2.79. The molecule has 0 radical (unpaired) electrons. The molecule has 13 heavy (non-hydrogen) atoms. The summed E-state index contributed by atoms with van der Waals surface area (Å²) >= 11 is 0. The van der Waals surface area contributed by atoms with Crippen LogP contribution in [0.1, 0.15) is 12.8 Å². The molecule has 0 aromatic heterocycles. The second-order valence-corrected chi connectivity index (χ2v) is 3.98. The Morgan fingerprint density at radius 1 is 1.23 bits per heavy atom. The van der Waals surface area contributed by atoms with Crippen LogP contribution in [0.15, 0.2) is 0 Å². The summed E-state index contributed by atoms with van der Waals surface area (Å²) < 4.78 is 24.2. The van der Waals surface area contributed by atoms with Crippen molar-refractivity contribution in [1.29, 1.82) is 0 Å². The summed E-state index contributed by atoms with van der Waals surface area (Å²) in [5.41, 5.74) is 0. The molecule has 1 atom stereocenters. The summed E-state index contributed by atoms with van der Waals surface area (Å²) in [6.45, 7) is 3.79. The second kappa shape index (κ2) is 3.88. The van der Waals surface area contributed by atoms with Gasteiger partial charge in [0.25, 0.3) is 6.43 Å². The van der Waals surface area contributed by atoms with Crippen molar-refractivity contribution >= 4 is 0 Å². The van der Waals surface area contributed by atoms with E-state index in [-0.39, 0.29) is 6.54 Å². The van der Waals surface area contributed by atoms with Crippen LogP contribution in [-0.4, -0.2) is 55.0 Å². The maximum atomic E-state index is 12.1. The van der Waals surface area contributed by atoms with Crippen LogP contribution < -0.4 is 0 Å². The zero-order chi connectivity index (χ0) is 9.26. The molecule has 4 heteroatoms. The van der Waals surface area contributed by atoms with Gasteiger partial charge in [-0.05, 0) is 19.4 Å². The quantitative estimate of drug-likeness (QED) is 0.641. The van der Waals surface area contributed by atoms with Crippen molar-refractivity contribution in [2.45, 2.75) is 25.3 Å². The highest BCUT2D eigenvalue weighted by Crippen LogP contribution is 2.21. The van der Waals surface area contributed by atoms with Gasteiger partial charge in [0.1, 0.15) is 0 Å². The molecule has 2 fully saturated rings. The molecule has 0 aliphatic carbocycles. The number of alkyl halides is 2. The average Bonchev–Trinajstić information content (AvgIpc) is 2.49. The zero-order valence-electron chi connectivity index (χ0n) is 7.75. The Balaban J connectivity index is 1.83. The molecule has 0 spiro atoms. The Bertz CT molecular complexity index is 175. The van der Waals surface area contributed by atoms with Crippen LogP contribution in [0.5, 0.6) is 0 Å². The number of halogens is 2. The van der Waals surface area contributed by atoms with Gasteiger partial charge in [-0.2, -0.15) is 0 Å². The van der Waals surface area contributed by atoms with Crippen LogP contribution in [0.4, 0.5) is 8.78 Å². The predicted molar refractivity (Wildman–Crippen MR) is 47.0 cm³/mol. The number of rotatable bonds is 2. The first-order valence-corrected chi connectivity index (χ1v) is 5.00. The molecule has 76 valence electrons. The van der Waals surface area contributed by atoms with Gasteiger partial charge in [0.2, 0.25) is 0 Å². The van der Waals surface area contributed by atoms with E-state index in [1.807, 2.05) is 4.90 Å². The van der Waals surface area contributed by atoms with Gasteiger partial charge in [0.15, 0.2) is 0 Å². The first-order chi connectivity index (χ1) is 6.25. The SMILES string of the molecule is FC(F)CN1CCN2CCCC2C1. The third-order valence-corrected chi connectivity index (χ3v) is 3.07. The van der Waals surface area contributed by atoms with Gasteiger partial charge in [-0.3, -0.25) is 9.80 Å². The molecule has 2 saturated heterocycles. The largest absolute Gasteiger partial charge is 0.298 e. The van der Waals surface area contributed by atoms with E-state index in [1.165, 1.54) is 19.4 Å². The molecular formula is C9H16F2N2. The highest BCUT2D eigenvalue weighted by Gasteiger charge is 2.31. The van der Waals surface area contributed by atoms with Crippen LogP contribution in [0.25, 0.3) is 0 Å². The van der Waals surface area contributed by atoms with Crippen molar-refractivity contribution < 1.29 is 8.78 Å². The molecule has 0 aromatic carbocycles. The minimum atomic E-state index is -2.17. The van der Waals surface area contributed by atoms with Gasteiger partial charge in [-0.15, -0.1) is 0 Å². The Morgan fingerprint density at radius 2 is 2.08 bits per heavy atom. The third-order valence-electron chi connectivity index (χ3n) is 3.07. The van der Waals surface area contributed by atoms with Crippen molar-refractivity contribution in [2.75, 3.05) is 32.7 Å². The molecule has 2 aliphatic heterocycles. The van der Waals surface area contributed by atoms with E-state index in [2.05, 4.69) is 4.90 Å². The molecule has 2 nitrogen and oxygen atoms in total. The molecule has 0 N–H and O–H groups in total. The fraction of sp³-hybridized carbons (Fsp3) is 1.00. The van der Waals surface area contributed by atoms with Gasteiger partial charge >= 0.3 is 0 Å². The van der Waals surface area contributed by atoms with Crippen LogP contribution >= 0.6 is 0 Å². The summed E-state index contributed by atoms with van der Waals surface area (Å²) in [6, 6.07) is 0.562. The van der Waals surface area contributed by atoms with E-state index in [0.29, 0.717) is 6.04 Å². The van der Waals surface area contributed by atoms with Crippen molar-refractivity contribution in [1.82, 2.24) is 9.80 Å². The summed E-state index contributed by atoms with van der Waals surface area (Å²) in [5.74, 6) is 0. The number of hydrogen-bond acceptors (Lipinski definition) is 2. The topological polar surface area (TPSA) is 6.48 Å². The van der Waals surface area contributed by atoms with Crippen molar-refractivity contribution in [3.8, 4) is 0 Å². The minimum Gasteiger partial charge on any atom is -0.298 e. The lowest BCUT2D eigenvalue weighted by Gasteiger charge is -2.37. The van der Waals surface area contributed by atoms with E-state index in [9.17, 15) is 8.78 Å². The number of nitrogens with zero attached hydrogens (tertiary/aromatic N) is 2. The van der Waals surface area contributed by atoms with Crippen LogP contribution in [0.2, 0.25) is 0 Å². The van der Waals surface area contributed by atoms with Crippen molar-refractivity contribution in [3.05, 3.63) is 0 Å². The van der Waals surface area contributed by atoms with Gasteiger partial charge in [-0.1, -0.05) is 0 Å². The summed E-state index contributed by atoms with van der Waals surface area (Å²) in [4.78, 5) is 4.33. The average molecular weight is 190 g/mol. The predicted octanol–water partition coefficient (Wildman–Crippen LogP) is 1.03. The first kappa shape index (κ1) is 9.34. The summed E-state index contributed by atoms with van der Waals surface area (Å²) in [6.07, 6.45) is 0.264. The fourth-order valence-corrected chi connectivity index (χ4v) is 2.42. The normalized spacial score (nSPS) is 31.2. The highest BCUT2D eigenvalue weighted by atomic mass is 19.3. The molecule has 2 aliphatic rings. The summed E-state index contributed by atoms with van der Waals surface area (Å²) in [5, 5.41) is 0. The Hall–Kier alpha value is -0.220. The van der Waals surface area contributed by atoms with Gasteiger partial charge in [0.05, 0.1) is 6.54 Å². The fourth-order valence-electron chi connectivity index (χ4n) is 2.42. The van der Waals surface area contributed by atoms with Crippen molar-refractivity contribution in [2.24, 2.45) is 0 Å². The van der Waals surface area contributed by atoms with Crippen LogP contribution in [-0.2, 0) is 0 Å². The van der Waals surface area contributed by atoms with E-state index in [4.69, 9.17) is 0 Å². The number of piperazine rings is 1. The highest BCUT2D eigenvalue weighted by molar-refractivity contribution is 4.86. The molecule has 0 saturated carbocycles. The van der Waals surface area contributed by atoms with Crippen LogP contribution in [0.3, 0.4) is 0 Å². The molecule has 2 heterocycles. The zero-order valence-corrected chi connectivity index (χ0v) is 7.75. The van der Waals surface area contributed by atoms with E-state index in [1.54, 1.807) is 0 Å². The van der Waals surface area contributed by atoms with Gasteiger partial charge in [-0.25, -0.2) is 8.78 Å². The molecule has 0 aromatic rings. The first-order valence-electron chi connectivity index (χ1n) is 5.00. The van der Waals surface area contributed by atoms with Crippen molar-refractivity contribution in [3.63, 3.8) is 0 Å². The smallest absolute Gasteiger partial charge is 0.251 e. The monoisotopic (exact) mass is 190 g/mol. The van der Waals surface area contributed by atoms with Gasteiger partial charge in [0, 0.05) is 25.7 Å². The lowest BCUT2D eigenvalue weighted by Crippen LogP contribution is -2.51. The van der Waals surface area contributed by atoms with Gasteiger partial charge < -0.3 is 0 Å². The maximum absolute atomic E-state index is 12.1. The Labute approximate surface area is 77.5 Å². The van der Waals surface area contributed by atoms with E-state index in [0.717, 1.165) is 19.6 Å². The standard InChI is InChI=1S/C9H16F2N2/c10-9(11)7-12-4-5-13-3-1-2-8(13)6-12/h8-9H,1-7H2.